The smallest absolute Gasteiger partial charge is 0.188 e. The third kappa shape index (κ3) is 5.95. The molecule has 59 heavy (non-hydrogen) atoms. The van der Waals surface area contributed by atoms with Crippen LogP contribution in [0.15, 0.2) is 188 Å². The highest BCUT2D eigenvalue weighted by molar-refractivity contribution is 6.14. The second-order valence-electron chi connectivity index (χ2n) is 14.4. The standard InChI is InChI=1S/C52H31N7/c1-53-41-25-27-46-44(32-41)43-30-40(24-26-45(43)59(46)47-31-39-14-8-28-54-48(39)49-42(47)15-9-29-55-49)52-57-50(37-20-16-35(17-21-37)33-10-4-2-5-11-33)56-51(58-52)38-22-18-36(19-23-38)34-12-6-3-7-13-34/h2-32H. The van der Waals surface area contributed by atoms with E-state index >= 15 is 0 Å². The van der Waals surface area contributed by atoms with Crippen LogP contribution in [0.3, 0.4) is 0 Å². The molecule has 11 aromatic rings. The van der Waals surface area contributed by atoms with Gasteiger partial charge in [-0.2, -0.15) is 0 Å². The van der Waals surface area contributed by atoms with Crippen LogP contribution in [0.2, 0.25) is 0 Å². The van der Waals surface area contributed by atoms with Crippen molar-refractivity contribution in [2.24, 2.45) is 0 Å². The van der Waals surface area contributed by atoms with Gasteiger partial charge in [0.05, 0.1) is 34.3 Å². The van der Waals surface area contributed by atoms with Gasteiger partial charge in [-0.05, 0) is 82.2 Å². The number of hydrogen-bond acceptors (Lipinski definition) is 5. The van der Waals surface area contributed by atoms with Gasteiger partial charge in [0.2, 0.25) is 0 Å². The molecule has 0 fully saturated rings. The summed E-state index contributed by atoms with van der Waals surface area (Å²) in [5.74, 6) is 1.72. The number of benzene rings is 7. The second-order valence-corrected chi connectivity index (χ2v) is 14.4. The molecule has 0 saturated heterocycles. The van der Waals surface area contributed by atoms with Crippen LogP contribution < -0.4 is 0 Å². The minimum atomic E-state index is 0.555. The maximum absolute atomic E-state index is 7.88. The SMILES string of the molecule is [C-]#[N+]c1ccc2c(c1)c1cc(-c3nc(-c4ccc(-c5ccccc5)cc4)nc(-c4ccc(-c5ccccc5)cc4)n3)ccc1n2-c1cc2cccnc2c2ncccc12. The first kappa shape index (κ1) is 34.0. The molecule has 7 heteroatoms. The molecule has 4 heterocycles. The van der Waals surface area contributed by atoms with Crippen LogP contribution in [-0.2, 0) is 0 Å². The van der Waals surface area contributed by atoms with E-state index in [0.29, 0.717) is 23.2 Å². The molecular formula is C52H31N7. The Morgan fingerprint density at radius 3 is 1.49 bits per heavy atom. The monoisotopic (exact) mass is 753 g/mol. The number of rotatable bonds is 6. The average molecular weight is 754 g/mol. The summed E-state index contributed by atoms with van der Waals surface area (Å²) in [4.78, 5) is 28.6. The molecule has 0 radical (unpaired) electrons. The van der Waals surface area contributed by atoms with Crippen molar-refractivity contribution < 1.29 is 0 Å². The van der Waals surface area contributed by atoms with Gasteiger partial charge in [0.25, 0.3) is 0 Å². The van der Waals surface area contributed by atoms with E-state index in [1.807, 2.05) is 79.1 Å². The summed E-state index contributed by atoms with van der Waals surface area (Å²) in [6, 6.07) is 59.9. The number of fused-ring (bicyclic) bond motifs is 6. The van der Waals surface area contributed by atoms with Crippen LogP contribution in [0, 0.1) is 6.57 Å². The summed E-state index contributed by atoms with van der Waals surface area (Å²) in [6.45, 7) is 7.88. The van der Waals surface area contributed by atoms with E-state index in [-0.39, 0.29) is 0 Å². The van der Waals surface area contributed by atoms with Gasteiger partial charge in [0.1, 0.15) is 0 Å². The number of aromatic nitrogens is 6. The molecule has 0 amide bonds. The van der Waals surface area contributed by atoms with Crippen molar-refractivity contribution in [1.29, 1.82) is 0 Å². The zero-order chi connectivity index (χ0) is 39.3. The van der Waals surface area contributed by atoms with Gasteiger partial charge in [0.15, 0.2) is 23.2 Å². The Bertz CT molecular complexity index is 3320. The van der Waals surface area contributed by atoms with E-state index in [4.69, 9.17) is 31.5 Å². The van der Waals surface area contributed by atoms with Gasteiger partial charge in [-0.15, -0.1) is 0 Å². The fourth-order valence-electron chi connectivity index (χ4n) is 8.07. The summed E-state index contributed by atoms with van der Waals surface area (Å²) in [7, 11) is 0. The summed E-state index contributed by atoms with van der Waals surface area (Å²) >= 11 is 0. The molecule has 0 saturated carbocycles. The molecule has 7 aromatic carbocycles. The number of pyridine rings is 2. The van der Waals surface area contributed by atoms with Gasteiger partial charge >= 0.3 is 0 Å². The van der Waals surface area contributed by atoms with Crippen LogP contribution in [0.1, 0.15) is 0 Å². The van der Waals surface area contributed by atoms with E-state index < -0.39 is 0 Å². The third-order valence-corrected chi connectivity index (χ3v) is 11.0. The molecule has 0 N–H and O–H groups in total. The van der Waals surface area contributed by atoms with Crippen molar-refractivity contribution in [3.8, 4) is 62.1 Å². The van der Waals surface area contributed by atoms with Gasteiger partial charge in [-0.25, -0.2) is 19.8 Å². The van der Waals surface area contributed by atoms with E-state index in [2.05, 4.69) is 119 Å². The Balaban J connectivity index is 1.10. The molecule has 0 spiro atoms. The Hall–Kier alpha value is -8.34. The molecule has 11 rings (SSSR count). The van der Waals surface area contributed by atoms with E-state index in [1.54, 1.807) is 0 Å². The topological polar surface area (TPSA) is 73.7 Å². The lowest BCUT2D eigenvalue weighted by Crippen LogP contribution is -2.00. The lowest BCUT2D eigenvalue weighted by molar-refractivity contribution is 1.07. The average Bonchev–Trinajstić information content (AvgIpc) is 3.64. The molecule has 0 aliphatic carbocycles. The lowest BCUT2D eigenvalue weighted by Gasteiger charge is -2.13. The second kappa shape index (κ2) is 14.0. The third-order valence-electron chi connectivity index (χ3n) is 11.0. The summed E-state index contributed by atoms with van der Waals surface area (Å²) in [6.07, 6.45) is 3.62. The summed E-state index contributed by atoms with van der Waals surface area (Å²) < 4.78 is 2.27. The zero-order valence-electron chi connectivity index (χ0n) is 31.5. The lowest BCUT2D eigenvalue weighted by atomic mass is 10.0. The normalized spacial score (nSPS) is 11.4. The zero-order valence-corrected chi connectivity index (χ0v) is 31.5. The van der Waals surface area contributed by atoms with Crippen LogP contribution in [-0.4, -0.2) is 29.5 Å². The van der Waals surface area contributed by atoms with Crippen molar-refractivity contribution in [1.82, 2.24) is 29.5 Å². The van der Waals surface area contributed by atoms with E-state index in [1.165, 1.54) is 0 Å². The molecule has 0 aliphatic heterocycles. The quantitative estimate of drug-likeness (QED) is 0.125. The summed E-state index contributed by atoms with van der Waals surface area (Å²) in [5.41, 5.74) is 12.4. The highest BCUT2D eigenvalue weighted by Crippen LogP contribution is 2.40. The van der Waals surface area contributed by atoms with Crippen LogP contribution in [0.25, 0.3) is 111 Å². The largest absolute Gasteiger partial charge is 0.309 e. The Morgan fingerprint density at radius 2 is 0.881 bits per heavy atom. The Morgan fingerprint density at radius 1 is 0.390 bits per heavy atom. The van der Waals surface area contributed by atoms with Crippen LogP contribution in [0.5, 0.6) is 0 Å². The highest BCUT2D eigenvalue weighted by Gasteiger charge is 2.20. The fourth-order valence-corrected chi connectivity index (χ4v) is 8.07. The molecule has 4 aromatic heterocycles. The van der Waals surface area contributed by atoms with E-state index in [0.717, 1.165) is 88.2 Å². The van der Waals surface area contributed by atoms with Crippen molar-refractivity contribution in [3.63, 3.8) is 0 Å². The van der Waals surface area contributed by atoms with Gasteiger partial charge in [-0.3, -0.25) is 9.97 Å². The number of hydrogen-bond donors (Lipinski definition) is 0. The van der Waals surface area contributed by atoms with Crippen molar-refractivity contribution in [2.75, 3.05) is 0 Å². The predicted molar refractivity (Wildman–Crippen MR) is 238 cm³/mol. The minimum absolute atomic E-state index is 0.555. The van der Waals surface area contributed by atoms with Gasteiger partial charge < -0.3 is 4.57 Å². The highest BCUT2D eigenvalue weighted by atomic mass is 15.0. The van der Waals surface area contributed by atoms with E-state index in [9.17, 15) is 0 Å². The first-order valence-electron chi connectivity index (χ1n) is 19.4. The summed E-state index contributed by atoms with van der Waals surface area (Å²) in [5, 5.41) is 3.92. The molecular weight excluding hydrogens is 723 g/mol. The molecule has 0 atom stereocenters. The Labute approximate surface area is 339 Å². The molecule has 274 valence electrons. The van der Waals surface area contributed by atoms with Crippen molar-refractivity contribution in [3.05, 3.63) is 200 Å². The predicted octanol–water partition coefficient (Wildman–Crippen LogP) is 13.0. The molecule has 0 bridgehead atoms. The first-order valence-corrected chi connectivity index (χ1v) is 19.4. The fraction of sp³-hybridized carbons (Fsp3) is 0. The van der Waals surface area contributed by atoms with Crippen LogP contribution in [0.4, 0.5) is 5.69 Å². The molecule has 7 nitrogen and oxygen atoms in total. The Kier molecular flexibility index (Phi) is 8.05. The first-order chi connectivity index (χ1) is 29.2. The van der Waals surface area contributed by atoms with Crippen LogP contribution >= 0.6 is 0 Å². The molecule has 0 aliphatic rings. The number of nitrogens with zero attached hydrogens (tertiary/aromatic N) is 7. The minimum Gasteiger partial charge on any atom is -0.309 e. The van der Waals surface area contributed by atoms with Crippen molar-refractivity contribution in [2.45, 2.75) is 0 Å². The van der Waals surface area contributed by atoms with Crippen molar-refractivity contribution >= 4 is 49.3 Å². The van der Waals surface area contributed by atoms with Gasteiger partial charge in [-0.1, -0.05) is 121 Å². The maximum atomic E-state index is 7.88. The van der Waals surface area contributed by atoms with Gasteiger partial charge in [0, 0.05) is 45.2 Å². The maximum Gasteiger partial charge on any atom is 0.188 e. The molecule has 0 unspecified atom stereocenters.